The van der Waals surface area contributed by atoms with Crippen molar-refractivity contribution < 1.29 is 4.42 Å². The molecule has 2 heterocycles. The molecule has 5 heteroatoms. The molecule has 0 bridgehead atoms. The van der Waals surface area contributed by atoms with Gasteiger partial charge in [-0.2, -0.15) is 5.10 Å². The second kappa shape index (κ2) is 6.61. The van der Waals surface area contributed by atoms with Gasteiger partial charge in [0.05, 0.1) is 6.20 Å². The van der Waals surface area contributed by atoms with Crippen molar-refractivity contribution in [2.45, 2.75) is 40.4 Å². The lowest BCUT2D eigenvalue weighted by atomic mass is 10.0. The summed E-state index contributed by atoms with van der Waals surface area (Å²) in [6, 6.07) is 5.65. The molecule has 0 atom stereocenters. The van der Waals surface area contributed by atoms with Gasteiger partial charge in [-0.25, -0.2) is 4.79 Å². The van der Waals surface area contributed by atoms with Gasteiger partial charge in [-0.1, -0.05) is 0 Å². The normalized spacial score (nSPS) is 11.5. The van der Waals surface area contributed by atoms with Crippen molar-refractivity contribution in [3.05, 3.63) is 63.3 Å². The molecule has 3 rings (SSSR count). The molecule has 0 saturated carbocycles. The number of hydrogen-bond donors (Lipinski definition) is 0. The van der Waals surface area contributed by atoms with Crippen LogP contribution in [-0.4, -0.2) is 21.7 Å². The molecule has 0 aliphatic heterocycles. The van der Waals surface area contributed by atoms with E-state index in [4.69, 9.17) is 4.42 Å². The van der Waals surface area contributed by atoms with Crippen LogP contribution in [0.5, 0.6) is 0 Å². The zero-order valence-electron chi connectivity index (χ0n) is 14.7. The summed E-state index contributed by atoms with van der Waals surface area (Å²) in [5.74, 6) is 0. The quantitative estimate of drug-likeness (QED) is 0.676. The Morgan fingerprint density at radius 1 is 1.17 bits per heavy atom. The van der Waals surface area contributed by atoms with Crippen LogP contribution in [0.25, 0.3) is 11.0 Å². The Balaban J connectivity index is 1.88. The molecule has 24 heavy (non-hydrogen) atoms. The van der Waals surface area contributed by atoms with Crippen LogP contribution in [0.2, 0.25) is 0 Å². The van der Waals surface area contributed by atoms with E-state index in [-0.39, 0.29) is 5.63 Å². The summed E-state index contributed by atoms with van der Waals surface area (Å²) in [5, 5.41) is 5.31. The first-order chi connectivity index (χ1) is 11.5. The molecule has 0 spiro atoms. The molecule has 126 valence electrons. The van der Waals surface area contributed by atoms with Gasteiger partial charge in [0.2, 0.25) is 0 Å². The van der Waals surface area contributed by atoms with Crippen molar-refractivity contribution in [3.8, 4) is 0 Å². The highest BCUT2D eigenvalue weighted by Crippen LogP contribution is 2.22. The van der Waals surface area contributed by atoms with Crippen LogP contribution in [0.4, 0.5) is 0 Å². The highest BCUT2D eigenvalue weighted by molar-refractivity contribution is 5.81. The first-order valence-corrected chi connectivity index (χ1v) is 8.20. The Labute approximate surface area is 141 Å². The maximum absolute atomic E-state index is 11.9. The highest BCUT2D eigenvalue weighted by Gasteiger charge is 2.11. The Kier molecular flexibility index (Phi) is 4.53. The molecule has 0 N–H and O–H groups in total. The molecule has 0 radical (unpaired) electrons. The minimum atomic E-state index is -0.298. The standard InChI is InChI=1S/C19H23N3O2/c1-5-22-11-15(9-20-22)10-21(4)12-16-8-19(23)24-18-7-14(3)13(2)6-17(16)18/h6-9,11H,5,10,12H2,1-4H3. The summed E-state index contributed by atoms with van der Waals surface area (Å²) in [4.78, 5) is 14.1. The molecule has 2 aromatic heterocycles. The number of benzene rings is 1. The zero-order valence-corrected chi connectivity index (χ0v) is 14.7. The van der Waals surface area contributed by atoms with E-state index >= 15 is 0 Å². The monoisotopic (exact) mass is 325 g/mol. The molecule has 0 saturated heterocycles. The van der Waals surface area contributed by atoms with Crippen molar-refractivity contribution >= 4 is 11.0 Å². The lowest BCUT2D eigenvalue weighted by molar-refractivity contribution is 0.319. The van der Waals surface area contributed by atoms with E-state index in [1.807, 2.05) is 30.9 Å². The number of rotatable bonds is 5. The van der Waals surface area contributed by atoms with Crippen LogP contribution in [-0.2, 0) is 19.6 Å². The van der Waals surface area contributed by atoms with Crippen molar-refractivity contribution in [2.24, 2.45) is 0 Å². The predicted molar refractivity (Wildman–Crippen MR) is 95.0 cm³/mol. The molecular weight excluding hydrogens is 302 g/mol. The largest absolute Gasteiger partial charge is 0.423 e. The maximum Gasteiger partial charge on any atom is 0.336 e. The molecule has 0 aliphatic rings. The van der Waals surface area contributed by atoms with E-state index in [1.165, 1.54) is 11.1 Å². The molecule has 1 aromatic carbocycles. The van der Waals surface area contributed by atoms with Crippen LogP contribution in [0.1, 0.15) is 29.2 Å². The summed E-state index contributed by atoms with van der Waals surface area (Å²) >= 11 is 0. The number of hydrogen-bond acceptors (Lipinski definition) is 4. The van der Waals surface area contributed by atoms with Gasteiger partial charge in [-0.3, -0.25) is 9.58 Å². The highest BCUT2D eigenvalue weighted by atomic mass is 16.4. The fourth-order valence-corrected chi connectivity index (χ4v) is 2.93. The molecule has 0 fully saturated rings. The fraction of sp³-hybridized carbons (Fsp3) is 0.368. The molecule has 0 aliphatic carbocycles. The van der Waals surface area contributed by atoms with E-state index in [0.29, 0.717) is 12.1 Å². The third kappa shape index (κ3) is 3.41. The average molecular weight is 325 g/mol. The summed E-state index contributed by atoms with van der Waals surface area (Å²) in [5.41, 5.74) is 4.85. The van der Waals surface area contributed by atoms with Crippen LogP contribution >= 0.6 is 0 Å². The Morgan fingerprint density at radius 2 is 1.92 bits per heavy atom. The molecule has 3 aromatic rings. The fourth-order valence-electron chi connectivity index (χ4n) is 2.93. The maximum atomic E-state index is 11.9. The van der Waals surface area contributed by atoms with Gasteiger partial charge in [-0.15, -0.1) is 0 Å². The van der Waals surface area contributed by atoms with Crippen LogP contribution < -0.4 is 5.63 Å². The molecule has 0 unspecified atom stereocenters. The van der Waals surface area contributed by atoms with Crippen molar-refractivity contribution in [3.63, 3.8) is 0 Å². The minimum absolute atomic E-state index is 0.298. The lowest BCUT2D eigenvalue weighted by Crippen LogP contribution is -2.18. The van der Waals surface area contributed by atoms with E-state index in [9.17, 15) is 4.79 Å². The van der Waals surface area contributed by atoms with E-state index < -0.39 is 0 Å². The Bertz CT molecular complexity index is 924. The average Bonchev–Trinajstić information content (AvgIpc) is 2.96. The number of fused-ring (bicyclic) bond motifs is 1. The minimum Gasteiger partial charge on any atom is -0.423 e. The van der Waals surface area contributed by atoms with E-state index in [0.717, 1.165) is 29.6 Å². The number of aryl methyl sites for hydroxylation is 3. The number of nitrogens with zero attached hydrogens (tertiary/aromatic N) is 3. The van der Waals surface area contributed by atoms with Crippen LogP contribution in [0, 0.1) is 13.8 Å². The second-order valence-electron chi connectivity index (χ2n) is 6.40. The van der Waals surface area contributed by atoms with Crippen molar-refractivity contribution in [1.82, 2.24) is 14.7 Å². The molecular formula is C19H23N3O2. The predicted octanol–water partition coefficient (Wildman–Crippen LogP) is 3.26. The zero-order chi connectivity index (χ0) is 17.3. The third-order valence-electron chi connectivity index (χ3n) is 4.35. The first kappa shape index (κ1) is 16.5. The van der Waals surface area contributed by atoms with E-state index in [2.05, 4.69) is 36.1 Å². The summed E-state index contributed by atoms with van der Waals surface area (Å²) in [7, 11) is 2.05. The van der Waals surface area contributed by atoms with Crippen molar-refractivity contribution in [1.29, 1.82) is 0 Å². The van der Waals surface area contributed by atoms with Gasteiger partial charge in [-0.05, 0) is 56.6 Å². The van der Waals surface area contributed by atoms with Crippen LogP contribution in [0.15, 0.2) is 39.8 Å². The van der Waals surface area contributed by atoms with Crippen LogP contribution in [0.3, 0.4) is 0 Å². The Hall–Kier alpha value is -2.40. The number of aromatic nitrogens is 2. The second-order valence-corrected chi connectivity index (χ2v) is 6.40. The first-order valence-electron chi connectivity index (χ1n) is 8.20. The summed E-state index contributed by atoms with van der Waals surface area (Å²) < 4.78 is 7.29. The van der Waals surface area contributed by atoms with E-state index in [1.54, 1.807) is 6.07 Å². The van der Waals surface area contributed by atoms with Crippen molar-refractivity contribution in [2.75, 3.05) is 7.05 Å². The molecule has 5 nitrogen and oxygen atoms in total. The SMILES string of the molecule is CCn1cc(CN(C)Cc2cc(=O)oc3cc(C)c(C)cc23)cn1. The van der Waals surface area contributed by atoms with Gasteiger partial charge in [0.15, 0.2) is 0 Å². The Morgan fingerprint density at radius 3 is 2.62 bits per heavy atom. The summed E-state index contributed by atoms with van der Waals surface area (Å²) in [6.07, 6.45) is 3.95. The smallest absolute Gasteiger partial charge is 0.336 e. The topological polar surface area (TPSA) is 51.3 Å². The van der Waals surface area contributed by atoms with Gasteiger partial charge >= 0.3 is 5.63 Å². The summed E-state index contributed by atoms with van der Waals surface area (Å²) in [6.45, 7) is 8.51. The molecule has 0 amide bonds. The van der Waals surface area contributed by atoms with Gasteiger partial charge in [0.25, 0.3) is 0 Å². The van der Waals surface area contributed by atoms with Gasteiger partial charge in [0, 0.05) is 42.8 Å². The van der Waals surface area contributed by atoms with Gasteiger partial charge in [0.1, 0.15) is 5.58 Å². The lowest BCUT2D eigenvalue weighted by Gasteiger charge is -2.17. The van der Waals surface area contributed by atoms with Gasteiger partial charge < -0.3 is 4.42 Å². The third-order valence-corrected chi connectivity index (χ3v) is 4.35.